The monoisotopic (exact) mass is 345 g/mol. The summed E-state index contributed by atoms with van der Waals surface area (Å²) in [6.07, 6.45) is 3.71. The van der Waals surface area contributed by atoms with Gasteiger partial charge in [-0.3, -0.25) is 4.31 Å². The van der Waals surface area contributed by atoms with Crippen LogP contribution in [0, 0.1) is 6.92 Å². The third kappa shape index (κ3) is 2.73. The first kappa shape index (κ1) is 16.4. The minimum Gasteiger partial charge on any atom is -0.493 e. The number of anilines is 1. The second kappa shape index (κ2) is 6.20. The van der Waals surface area contributed by atoms with Gasteiger partial charge in [0, 0.05) is 11.6 Å². The zero-order chi connectivity index (χ0) is 17.3. The predicted octanol–water partition coefficient (Wildman–Crippen LogP) is 3.23. The van der Waals surface area contributed by atoms with E-state index in [0.717, 1.165) is 11.1 Å². The number of ether oxygens (including phenoxy) is 2. The number of benzene rings is 2. The van der Waals surface area contributed by atoms with Gasteiger partial charge in [0.1, 0.15) is 0 Å². The van der Waals surface area contributed by atoms with Gasteiger partial charge in [0.25, 0.3) is 10.0 Å². The lowest BCUT2D eigenvalue weighted by atomic mass is 10.1. The Morgan fingerprint density at radius 1 is 1.00 bits per heavy atom. The van der Waals surface area contributed by atoms with E-state index in [4.69, 9.17) is 9.47 Å². The fourth-order valence-electron chi connectivity index (χ4n) is 2.67. The van der Waals surface area contributed by atoms with Gasteiger partial charge in [0.2, 0.25) is 0 Å². The molecular formula is C18H19NO4S. The summed E-state index contributed by atoms with van der Waals surface area (Å²) in [6, 6.07) is 10.3. The fourth-order valence-corrected chi connectivity index (χ4v) is 4.11. The molecule has 126 valence electrons. The predicted molar refractivity (Wildman–Crippen MR) is 94.3 cm³/mol. The van der Waals surface area contributed by atoms with Crippen molar-refractivity contribution in [2.45, 2.75) is 11.8 Å². The number of hydrogen-bond acceptors (Lipinski definition) is 4. The SMILES string of the molecule is COc1cc2c(cc1OC)N(S(=O)(=O)c1ccc(C)cc1)CC=C2. The van der Waals surface area contributed by atoms with Crippen LogP contribution in [0.4, 0.5) is 5.69 Å². The Bertz CT molecular complexity index is 886. The summed E-state index contributed by atoms with van der Waals surface area (Å²) in [6.45, 7) is 2.20. The first-order valence-electron chi connectivity index (χ1n) is 7.49. The van der Waals surface area contributed by atoms with Crippen LogP contribution in [0.15, 0.2) is 47.4 Å². The van der Waals surface area contributed by atoms with Crippen molar-refractivity contribution in [3.8, 4) is 11.5 Å². The van der Waals surface area contributed by atoms with Crippen LogP contribution < -0.4 is 13.8 Å². The van der Waals surface area contributed by atoms with Crippen LogP contribution >= 0.6 is 0 Å². The van der Waals surface area contributed by atoms with E-state index in [2.05, 4.69) is 0 Å². The van der Waals surface area contributed by atoms with Gasteiger partial charge in [-0.05, 0) is 25.1 Å². The number of hydrogen-bond donors (Lipinski definition) is 0. The molecule has 0 fully saturated rings. The summed E-state index contributed by atoms with van der Waals surface area (Å²) >= 11 is 0. The topological polar surface area (TPSA) is 55.8 Å². The molecule has 0 unspecified atom stereocenters. The quantitative estimate of drug-likeness (QED) is 0.854. The molecule has 1 aliphatic rings. The lowest BCUT2D eigenvalue weighted by molar-refractivity contribution is 0.355. The highest BCUT2D eigenvalue weighted by Crippen LogP contribution is 2.39. The number of nitrogens with zero attached hydrogens (tertiary/aromatic N) is 1. The van der Waals surface area contributed by atoms with Gasteiger partial charge >= 0.3 is 0 Å². The molecule has 0 atom stereocenters. The molecule has 24 heavy (non-hydrogen) atoms. The lowest BCUT2D eigenvalue weighted by Crippen LogP contribution is -2.33. The summed E-state index contributed by atoms with van der Waals surface area (Å²) in [5.74, 6) is 1.06. The third-order valence-electron chi connectivity index (χ3n) is 3.98. The van der Waals surface area contributed by atoms with Crippen molar-refractivity contribution in [2.75, 3.05) is 25.1 Å². The van der Waals surface area contributed by atoms with Gasteiger partial charge in [0.15, 0.2) is 11.5 Å². The van der Waals surface area contributed by atoms with Crippen LogP contribution in [-0.4, -0.2) is 29.2 Å². The van der Waals surface area contributed by atoms with Gasteiger partial charge in [0.05, 0.1) is 31.3 Å². The van der Waals surface area contributed by atoms with Crippen molar-refractivity contribution in [3.63, 3.8) is 0 Å². The maximum absolute atomic E-state index is 13.0. The molecular weight excluding hydrogens is 326 g/mol. The van der Waals surface area contributed by atoms with E-state index >= 15 is 0 Å². The lowest BCUT2D eigenvalue weighted by Gasteiger charge is -2.28. The van der Waals surface area contributed by atoms with Crippen molar-refractivity contribution in [1.82, 2.24) is 0 Å². The molecule has 2 aromatic carbocycles. The minimum atomic E-state index is -3.65. The first-order valence-corrected chi connectivity index (χ1v) is 8.93. The molecule has 0 amide bonds. The highest BCUT2D eigenvalue weighted by atomic mass is 32.2. The second-order valence-corrected chi connectivity index (χ2v) is 7.38. The van der Waals surface area contributed by atoms with Crippen molar-refractivity contribution >= 4 is 21.8 Å². The summed E-state index contributed by atoms with van der Waals surface area (Å²) < 4.78 is 38.1. The molecule has 1 heterocycles. The Labute approximate surface area is 142 Å². The molecule has 0 spiro atoms. The summed E-state index contributed by atoms with van der Waals surface area (Å²) in [7, 11) is -0.568. The molecule has 0 radical (unpaired) electrons. The van der Waals surface area contributed by atoms with Crippen LogP contribution in [0.25, 0.3) is 6.08 Å². The number of fused-ring (bicyclic) bond motifs is 1. The molecule has 0 aliphatic carbocycles. The van der Waals surface area contributed by atoms with Gasteiger partial charge < -0.3 is 9.47 Å². The van der Waals surface area contributed by atoms with Gasteiger partial charge in [-0.15, -0.1) is 0 Å². The summed E-state index contributed by atoms with van der Waals surface area (Å²) in [5.41, 5.74) is 2.37. The van der Waals surface area contributed by atoms with E-state index in [9.17, 15) is 8.42 Å². The standard InChI is InChI=1S/C18H19NO4S/c1-13-6-8-15(9-7-13)24(20,21)19-10-4-5-14-11-17(22-2)18(23-3)12-16(14)19/h4-9,11-12H,10H2,1-3H3. The van der Waals surface area contributed by atoms with Crippen molar-refractivity contribution in [3.05, 3.63) is 53.6 Å². The van der Waals surface area contributed by atoms with Crippen LogP contribution in [-0.2, 0) is 10.0 Å². The highest BCUT2D eigenvalue weighted by Gasteiger charge is 2.28. The fraction of sp³-hybridized carbons (Fsp3) is 0.222. The van der Waals surface area contributed by atoms with Crippen LogP contribution in [0.2, 0.25) is 0 Å². The Balaban J connectivity index is 2.12. The van der Waals surface area contributed by atoms with E-state index in [1.165, 1.54) is 11.4 Å². The Hall–Kier alpha value is -2.47. The average molecular weight is 345 g/mol. The van der Waals surface area contributed by atoms with Crippen molar-refractivity contribution in [2.24, 2.45) is 0 Å². The molecule has 0 aromatic heterocycles. The van der Waals surface area contributed by atoms with E-state index in [-0.39, 0.29) is 11.4 Å². The van der Waals surface area contributed by atoms with Crippen LogP contribution in [0.1, 0.15) is 11.1 Å². The number of methoxy groups -OCH3 is 2. The molecule has 0 saturated carbocycles. The molecule has 0 bridgehead atoms. The van der Waals surface area contributed by atoms with Gasteiger partial charge in [-0.1, -0.05) is 29.8 Å². The zero-order valence-electron chi connectivity index (χ0n) is 13.8. The number of sulfonamides is 1. The number of rotatable bonds is 4. The molecule has 1 aliphatic heterocycles. The summed E-state index contributed by atoms with van der Waals surface area (Å²) in [5, 5.41) is 0. The average Bonchev–Trinajstić information content (AvgIpc) is 2.60. The molecule has 0 N–H and O–H groups in total. The molecule has 0 saturated heterocycles. The first-order chi connectivity index (χ1) is 11.5. The number of aryl methyl sites for hydroxylation is 1. The van der Waals surface area contributed by atoms with Crippen LogP contribution in [0.5, 0.6) is 11.5 Å². The van der Waals surface area contributed by atoms with E-state index in [0.29, 0.717) is 17.2 Å². The molecule has 3 rings (SSSR count). The van der Waals surface area contributed by atoms with E-state index in [1.54, 1.807) is 43.5 Å². The maximum Gasteiger partial charge on any atom is 0.264 e. The Kier molecular flexibility index (Phi) is 4.24. The largest absolute Gasteiger partial charge is 0.493 e. The van der Waals surface area contributed by atoms with E-state index < -0.39 is 10.0 Å². The Morgan fingerprint density at radius 3 is 2.25 bits per heavy atom. The third-order valence-corrected chi connectivity index (χ3v) is 5.77. The molecule has 5 nitrogen and oxygen atoms in total. The normalized spacial score (nSPS) is 13.5. The zero-order valence-corrected chi connectivity index (χ0v) is 14.6. The highest BCUT2D eigenvalue weighted by molar-refractivity contribution is 7.92. The van der Waals surface area contributed by atoms with Gasteiger partial charge in [-0.25, -0.2) is 8.42 Å². The van der Waals surface area contributed by atoms with Crippen molar-refractivity contribution < 1.29 is 17.9 Å². The van der Waals surface area contributed by atoms with Crippen molar-refractivity contribution in [1.29, 1.82) is 0 Å². The Morgan fingerprint density at radius 2 is 1.62 bits per heavy atom. The van der Waals surface area contributed by atoms with Gasteiger partial charge in [-0.2, -0.15) is 0 Å². The minimum absolute atomic E-state index is 0.268. The smallest absolute Gasteiger partial charge is 0.264 e. The maximum atomic E-state index is 13.0. The van der Waals surface area contributed by atoms with Crippen LogP contribution in [0.3, 0.4) is 0 Å². The van der Waals surface area contributed by atoms with E-state index in [1.807, 2.05) is 19.1 Å². The second-order valence-electron chi connectivity index (χ2n) is 5.52. The molecule has 2 aromatic rings. The molecule has 6 heteroatoms. The summed E-state index contributed by atoms with van der Waals surface area (Å²) in [4.78, 5) is 0.268.